The Labute approximate surface area is 101 Å². The fraction of sp³-hybridized carbons (Fsp3) is 1.00. The quantitative estimate of drug-likeness (QED) is 0.680. The van der Waals surface area contributed by atoms with Crippen LogP contribution in [-0.2, 0) is 0 Å². The van der Waals surface area contributed by atoms with Gasteiger partial charge in [0, 0.05) is 0 Å². The van der Waals surface area contributed by atoms with Gasteiger partial charge in [-0.2, -0.15) is 0 Å². The Hall–Kier alpha value is 0.0249. The molecular formula is C14H24BN. The first kappa shape index (κ1) is 11.1. The van der Waals surface area contributed by atoms with Crippen molar-refractivity contribution in [1.82, 2.24) is 0 Å². The minimum absolute atomic E-state index is 0.294. The Morgan fingerprint density at radius 2 is 1.69 bits per heavy atom. The van der Waals surface area contributed by atoms with Gasteiger partial charge in [-0.25, -0.2) is 0 Å². The van der Waals surface area contributed by atoms with Crippen molar-refractivity contribution < 1.29 is 0 Å². The lowest BCUT2D eigenvalue weighted by Crippen LogP contribution is -2.44. The maximum absolute atomic E-state index is 6.60. The van der Waals surface area contributed by atoms with Gasteiger partial charge >= 0.3 is 0 Å². The molecule has 2 N–H and O–H groups in total. The molecule has 3 fully saturated rings. The van der Waals surface area contributed by atoms with E-state index in [4.69, 9.17) is 13.6 Å². The van der Waals surface area contributed by atoms with E-state index >= 15 is 0 Å². The number of nitrogens with two attached hydrogens (primary N) is 1. The van der Waals surface area contributed by atoms with Gasteiger partial charge in [0.2, 0.25) is 0 Å². The summed E-state index contributed by atoms with van der Waals surface area (Å²) < 4.78 is 0. The monoisotopic (exact) mass is 217 g/mol. The molecule has 1 nitrogen and oxygen atoms in total. The predicted molar refractivity (Wildman–Crippen MR) is 68.3 cm³/mol. The largest absolute Gasteiger partial charge is 0.330 e. The summed E-state index contributed by atoms with van der Waals surface area (Å²) >= 11 is 0. The van der Waals surface area contributed by atoms with Crippen molar-refractivity contribution in [2.45, 2.75) is 51.3 Å². The van der Waals surface area contributed by atoms with E-state index in [0.29, 0.717) is 11.2 Å². The van der Waals surface area contributed by atoms with Gasteiger partial charge in [-0.15, -0.1) is 0 Å². The van der Waals surface area contributed by atoms with Crippen LogP contribution in [0, 0.1) is 29.1 Å². The molecule has 0 aliphatic heterocycles. The second-order valence-electron chi connectivity index (χ2n) is 6.58. The highest BCUT2D eigenvalue weighted by molar-refractivity contribution is 6.12. The molecule has 3 aliphatic carbocycles. The molecule has 3 saturated carbocycles. The number of hydrogen-bond acceptors (Lipinski definition) is 1. The zero-order valence-corrected chi connectivity index (χ0v) is 10.5. The van der Waals surface area contributed by atoms with Crippen molar-refractivity contribution in [2.75, 3.05) is 6.54 Å². The minimum Gasteiger partial charge on any atom is -0.330 e. The van der Waals surface area contributed by atoms with E-state index < -0.39 is 0 Å². The summed E-state index contributed by atoms with van der Waals surface area (Å²) in [5.74, 6) is 3.74. The third-order valence-electron chi connectivity index (χ3n) is 5.62. The van der Waals surface area contributed by atoms with Gasteiger partial charge in [0.1, 0.15) is 0 Å². The third kappa shape index (κ3) is 1.65. The van der Waals surface area contributed by atoms with Crippen LogP contribution in [0.4, 0.5) is 0 Å². The maximum atomic E-state index is 6.60. The zero-order chi connectivity index (χ0) is 11.3. The third-order valence-corrected chi connectivity index (χ3v) is 5.62. The van der Waals surface area contributed by atoms with Crippen LogP contribution in [0.2, 0.25) is 5.82 Å². The second kappa shape index (κ2) is 3.76. The number of rotatable bonds is 6. The van der Waals surface area contributed by atoms with Crippen LogP contribution < -0.4 is 5.73 Å². The van der Waals surface area contributed by atoms with Crippen LogP contribution in [0.15, 0.2) is 0 Å². The molecule has 0 aromatic rings. The normalized spacial score (nSPS) is 33.1. The van der Waals surface area contributed by atoms with Gasteiger partial charge in [-0.1, -0.05) is 25.6 Å². The van der Waals surface area contributed by atoms with Crippen LogP contribution >= 0.6 is 0 Å². The molecule has 0 amide bonds. The molecule has 88 valence electrons. The summed E-state index contributed by atoms with van der Waals surface area (Å²) in [5.41, 5.74) is 6.50. The fourth-order valence-electron chi connectivity index (χ4n) is 3.99. The molecular weight excluding hydrogens is 193 g/mol. The summed E-state index contributed by atoms with van der Waals surface area (Å²) in [6.45, 7) is 3.26. The van der Waals surface area contributed by atoms with E-state index in [1.165, 1.54) is 38.5 Å². The molecule has 0 spiro atoms. The topological polar surface area (TPSA) is 26.0 Å². The first-order valence-corrected chi connectivity index (χ1v) is 7.15. The van der Waals surface area contributed by atoms with Gasteiger partial charge in [-0.3, -0.25) is 0 Å². The molecule has 0 heterocycles. The molecule has 0 aromatic heterocycles. The van der Waals surface area contributed by atoms with Crippen molar-refractivity contribution in [3.05, 3.63) is 0 Å². The highest BCUT2D eigenvalue weighted by Crippen LogP contribution is 2.64. The Bertz CT molecular complexity index is 248. The van der Waals surface area contributed by atoms with E-state index in [-0.39, 0.29) is 0 Å². The summed E-state index contributed by atoms with van der Waals surface area (Å²) in [4.78, 5) is 0. The maximum Gasteiger partial charge on any atom is 0.0711 e. The molecule has 3 rings (SSSR count). The van der Waals surface area contributed by atoms with E-state index in [0.717, 1.165) is 30.2 Å². The standard InChI is InChI=1S/C14H24BN/c1-9(10-2-3-10)14(8-16,12-6-7-12)13(15)11-4-5-11/h9-13H,2-8,16H2,1H3. The van der Waals surface area contributed by atoms with Crippen molar-refractivity contribution in [3.8, 4) is 0 Å². The van der Waals surface area contributed by atoms with Crippen LogP contribution in [0.25, 0.3) is 0 Å². The molecule has 2 heteroatoms. The first-order chi connectivity index (χ1) is 7.70. The van der Waals surface area contributed by atoms with Crippen molar-refractivity contribution in [3.63, 3.8) is 0 Å². The lowest BCUT2D eigenvalue weighted by Gasteiger charge is -2.45. The average Bonchev–Trinajstić information content (AvgIpc) is 3.19. The SMILES string of the molecule is [B]C(C1CC1)C(CN)(C1CC1)C(C)C1CC1. The van der Waals surface area contributed by atoms with E-state index in [2.05, 4.69) is 6.92 Å². The molecule has 16 heavy (non-hydrogen) atoms. The van der Waals surface area contributed by atoms with Gasteiger partial charge in [-0.05, 0) is 61.3 Å². The van der Waals surface area contributed by atoms with E-state index in [1.807, 2.05) is 0 Å². The zero-order valence-electron chi connectivity index (χ0n) is 10.5. The lowest BCUT2D eigenvalue weighted by atomic mass is 9.54. The van der Waals surface area contributed by atoms with Crippen LogP contribution in [-0.4, -0.2) is 14.4 Å². The highest BCUT2D eigenvalue weighted by Gasteiger charge is 2.56. The van der Waals surface area contributed by atoms with Crippen LogP contribution in [0.3, 0.4) is 0 Å². The Morgan fingerprint density at radius 3 is 2.06 bits per heavy atom. The predicted octanol–water partition coefficient (Wildman–Crippen LogP) is 2.75. The van der Waals surface area contributed by atoms with Crippen molar-refractivity contribution >= 4 is 7.85 Å². The van der Waals surface area contributed by atoms with Crippen molar-refractivity contribution in [2.24, 2.45) is 34.8 Å². The highest BCUT2D eigenvalue weighted by atomic mass is 14.7. The number of hydrogen-bond donors (Lipinski definition) is 1. The summed E-state index contributed by atoms with van der Waals surface area (Å²) in [7, 11) is 6.60. The second-order valence-corrected chi connectivity index (χ2v) is 6.58. The fourth-order valence-corrected chi connectivity index (χ4v) is 3.99. The molecule has 0 bridgehead atoms. The molecule has 2 radical (unpaired) electrons. The molecule has 3 unspecified atom stereocenters. The smallest absolute Gasteiger partial charge is 0.0711 e. The minimum atomic E-state index is 0.294. The Balaban J connectivity index is 1.84. The molecule has 0 saturated heterocycles. The molecule has 0 aromatic carbocycles. The Kier molecular flexibility index (Phi) is 2.62. The van der Waals surface area contributed by atoms with Crippen LogP contribution in [0.1, 0.15) is 45.4 Å². The van der Waals surface area contributed by atoms with Gasteiger partial charge < -0.3 is 5.73 Å². The van der Waals surface area contributed by atoms with Gasteiger partial charge in [0.05, 0.1) is 7.85 Å². The van der Waals surface area contributed by atoms with Crippen molar-refractivity contribution in [1.29, 1.82) is 0 Å². The van der Waals surface area contributed by atoms with E-state index in [9.17, 15) is 0 Å². The summed E-state index contributed by atoms with van der Waals surface area (Å²) in [5, 5.41) is 0. The lowest BCUT2D eigenvalue weighted by molar-refractivity contribution is 0.107. The Morgan fingerprint density at radius 1 is 1.12 bits per heavy atom. The summed E-state index contributed by atoms with van der Waals surface area (Å²) in [6, 6.07) is 0. The van der Waals surface area contributed by atoms with Gasteiger partial charge in [0.15, 0.2) is 0 Å². The molecule has 3 atom stereocenters. The average molecular weight is 217 g/mol. The van der Waals surface area contributed by atoms with Crippen LogP contribution in [0.5, 0.6) is 0 Å². The molecule has 3 aliphatic rings. The van der Waals surface area contributed by atoms with E-state index in [1.54, 1.807) is 0 Å². The summed E-state index contributed by atoms with van der Waals surface area (Å²) in [6.07, 6.45) is 8.32. The first-order valence-electron chi connectivity index (χ1n) is 7.15. The van der Waals surface area contributed by atoms with Gasteiger partial charge in [0.25, 0.3) is 0 Å².